The summed E-state index contributed by atoms with van der Waals surface area (Å²) in [5.74, 6) is -2.54. The fourth-order valence-corrected chi connectivity index (χ4v) is 2.43. The lowest BCUT2D eigenvalue weighted by Crippen LogP contribution is -2.40. The lowest BCUT2D eigenvalue weighted by atomic mass is 9.82. The van der Waals surface area contributed by atoms with Gasteiger partial charge in [0.15, 0.2) is 17.3 Å². The minimum Gasteiger partial charge on any atom is -0.511 e. The summed E-state index contributed by atoms with van der Waals surface area (Å²) >= 11 is 0. The summed E-state index contributed by atoms with van der Waals surface area (Å²) in [4.78, 5) is 12.4. The Morgan fingerprint density at radius 2 is 1.75 bits per heavy atom. The third-order valence-corrected chi connectivity index (χ3v) is 3.60. The van der Waals surface area contributed by atoms with Crippen LogP contribution in [-0.4, -0.2) is 32.3 Å². The monoisotopic (exact) mass is 276 g/mol. The van der Waals surface area contributed by atoms with Crippen LogP contribution in [0.5, 0.6) is 17.2 Å². The zero-order valence-electron chi connectivity index (χ0n) is 10.5. The number of fused-ring (bicyclic) bond motifs is 2. The van der Waals surface area contributed by atoms with Crippen molar-refractivity contribution >= 4 is 5.78 Å². The first-order chi connectivity index (χ1) is 9.40. The minimum atomic E-state index is -0.956. The first kappa shape index (κ1) is 12.4. The normalized spacial score (nSPS) is 24.6. The molecular formula is C14H12O6. The zero-order valence-corrected chi connectivity index (χ0v) is 10.5. The number of Topliss-reactive ketones (excluding diaryl/α,β-unsaturated/α-hetero) is 1. The molecule has 6 nitrogen and oxygen atoms in total. The van der Waals surface area contributed by atoms with Crippen molar-refractivity contribution in [1.82, 2.24) is 0 Å². The lowest BCUT2D eigenvalue weighted by molar-refractivity contribution is 0.0712. The molecule has 2 atom stereocenters. The Kier molecular flexibility index (Phi) is 2.44. The second kappa shape index (κ2) is 3.93. The van der Waals surface area contributed by atoms with E-state index in [9.17, 15) is 25.2 Å². The molecule has 3 rings (SSSR count). The molecule has 6 heteroatoms. The van der Waals surface area contributed by atoms with Crippen molar-refractivity contribution in [2.45, 2.75) is 13.0 Å². The maximum Gasteiger partial charge on any atom is 0.181 e. The Morgan fingerprint density at radius 3 is 2.45 bits per heavy atom. The fraction of sp³-hybridized carbons (Fsp3) is 0.214. The van der Waals surface area contributed by atoms with Crippen molar-refractivity contribution in [3.8, 4) is 17.2 Å². The summed E-state index contributed by atoms with van der Waals surface area (Å²) in [6, 6.07) is 2.23. The van der Waals surface area contributed by atoms with Crippen molar-refractivity contribution in [3.05, 3.63) is 40.9 Å². The number of aromatic hydroxyl groups is 2. The number of ether oxygens (including phenoxy) is 1. The van der Waals surface area contributed by atoms with Gasteiger partial charge in [0.1, 0.15) is 29.3 Å². The first-order valence-corrected chi connectivity index (χ1v) is 5.98. The Bertz CT molecular complexity index is 685. The van der Waals surface area contributed by atoms with Gasteiger partial charge in [-0.15, -0.1) is 0 Å². The summed E-state index contributed by atoms with van der Waals surface area (Å²) < 4.78 is 5.51. The molecule has 104 valence electrons. The van der Waals surface area contributed by atoms with E-state index in [-0.39, 0.29) is 28.4 Å². The molecule has 0 unspecified atom stereocenters. The van der Waals surface area contributed by atoms with Crippen LogP contribution in [0.2, 0.25) is 0 Å². The lowest BCUT2D eigenvalue weighted by Gasteiger charge is -2.33. The second-order valence-electron chi connectivity index (χ2n) is 4.82. The van der Waals surface area contributed by atoms with Crippen LogP contribution in [0.15, 0.2) is 35.3 Å². The van der Waals surface area contributed by atoms with Crippen molar-refractivity contribution < 1.29 is 30.0 Å². The number of aliphatic hydroxyl groups excluding tert-OH is 2. The van der Waals surface area contributed by atoms with Gasteiger partial charge in [-0.2, -0.15) is 0 Å². The van der Waals surface area contributed by atoms with Crippen LogP contribution in [0.4, 0.5) is 0 Å². The number of carbonyl (C=O) groups excluding carboxylic acids is 1. The number of benzene rings is 1. The predicted molar refractivity (Wildman–Crippen MR) is 68.0 cm³/mol. The molecule has 1 aliphatic carbocycles. The molecule has 1 aromatic carbocycles. The Balaban J connectivity index is 2.16. The van der Waals surface area contributed by atoms with Crippen LogP contribution < -0.4 is 4.74 Å². The number of carbonyl (C=O) groups is 1. The summed E-state index contributed by atoms with van der Waals surface area (Å²) in [7, 11) is 0. The van der Waals surface area contributed by atoms with Gasteiger partial charge in [0.2, 0.25) is 0 Å². The Morgan fingerprint density at radius 1 is 1.10 bits per heavy atom. The predicted octanol–water partition coefficient (Wildman–Crippen LogP) is 1.95. The molecule has 0 aromatic heterocycles. The van der Waals surface area contributed by atoms with E-state index in [0.29, 0.717) is 0 Å². The molecule has 2 aliphatic rings. The maximum atomic E-state index is 12.4. The van der Waals surface area contributed by atoms with E-state index in [1.807, 2.05) is 0 Å². The average Bonchev–Trinajstić information content (AvgIpc) is 2.39. The molecule has 0 saturated carbocycles. The molecule has 0 spiro atoms. The molecule has 4 N–H and O–H groups in total. The van der Waals surface area contributed by atoms with E-state index >= 15 is 0 Å². The van der Waals surface area contributed by atoms with E-state index in [2.05, 4.69) is 0 Å². The highest BCUT2D eigenvalue weighted by atomic mass is 16.5. The third kappa shape index (κ3) is 1.54. The van der Waals surface area contributed by atoms with Gasteiger partial charge in [0.05, 0.1) is 5.56 Å². The van der Waals surface area contributed by atoms with Crippen LogP contribution in [0.25, 0.3) is 0 Å². The van der Waals surface area contributed by atoms with Gasteiger partial charge in [0.25, 0.3) is 0 Å². The number of hydrogen-bond acceptors (Lipinski definition) is 6. The number of aliphatic hydroxyl groups is 2. The molecule has 0 radical (unpaired) electrons. The summed E-state index contributed by atoms with van der Waals surface area (Å²) in [5, 5.41) is 38.6. The van der Waals surface area contributed by atoms with Gasteiger partial charge in [0, 0.05) is 11.6 Å². The smallest absolute Gasteiger partial charge is 0.181 e. The van der Waals surface area contributed by atoms with E-state index < -0.39 is 29.3 Å². The number of rotatable bonds is 0. The Hall–Kier alpha value is -2.63. The standard InChI is InChI=1S/C14H12O6/c1-5-7(15)3-11-12(13(5)18)14(19)6-2-8(16)9(17)4-10(6)20-11/h2-4,11-12,15-18H,1H3/t11-,12+/m0/s1. The third-order valence-electron chi connectivity index (χ3n) is 3.60. The second-order valence-corrected chi connectivity index (χ2v) is 4.82. The van der Waals surface area contributed by atoms with E-state index in [4.69, 9.17) is 4.74 Å². The summed E-state index contributed by atoms with van der Waals surface area (Å²) in [6.07, 6.45) is 0.493. The number of ketones is 1. The largest absolute Gasteiger partial charge is 0.511 e. The van der Waals surface area contributed by atoms with Gasteiger partial charge in [-0.25, -0.2) is 0 Å². The number of phenols is 2. The SMILES string of the molecule is CC1=C(O)[C@@H]2C(=O)c3cc(O)c(O)cc3O[C@H]2C=C1O. The highest BCUT2D eigenvalue weighted by Crippen LogP contribution is 2.42. The van der Waals surface area contributed by atoms with Gasteiger partial charge < -0.3 is 25.2 Å². The molecule has 0 fully saturated rings. The highest BCUT2D eigenvalue weighted by molar-refractivity contribution is 6.04. The van der Waals surface area contributed by atoms with Crippen LogP contribution in [0.3, 0.4) is 0 Å². The van der Waals surface area contributed by atoms with E-state index in [1.165, 1.54) is 13.0 Å². The minimum absolute atomic E-state index is 0.0793. The molecule has 1 heterocycles. The number of allylic oxidation sites excluding steroid dienone is 1. The van der Waals surface area contributed by atoms with E-state index in [1.54, 1.807) is 0 Å². The van der Waals surface area contributed by atoms with E-state index in [0.717, 1.165) is 12.1 Å². The molecule has 0 bridgehead atoms. The first-order valence-electron chi connectivity index (χ1n) is 5.98. The van der Waals surface area contributed by atoms with Crippen molar-refractivity contribution in [1.29, 1.82) is 0 Å². The molecule has 1 aromatic rings. The number of hydrogen-bond donors (Lipinski definition) is 4. The summed E-state index contributed by atoms with van der Waals surface area (Å²) in [5.41, 5.74) is 0.297. The average molecular weight is 276 g/mol. The van der Waals surface area contributed by atoms with Gasteiger partial charge in [-0.1, -0.05) is 0 Å². The van der Waals surface area contributed by atoms with Crippen LogP contribution in [-0.2, 0) is 0 Å². The van der Waals surface area contributed by atoms with Crippen molar-refractivity contribution in [2.75, 3.05) is 0 Å². The molecule has 0 saturated heterocycles. The van der Waals surface area contributed by atoms with Crippen LogP contribution in [0.1, 0.15) is 17.3 Å². The van der Waals surface area contributed by atoms with Gasteiger partial charge in [-0.05, 0) is 19.1 Å². The maximum absolute atomic E-state index is 12.4. The molecular weight excluding hydrogens is 264 g/mol. The van der Waals surface area contributed by atoms with Crippen LogP contribution >= 0.6 is 0 Å². The molecule has 0 amide bonds. The Labute approximate surface area is 113 Å². The van der Waals surface area contributed by atoms with Crippen molar-refractivity contribution in [3.63, 3.8) is 0 Å². The summed E-state index contributed by atoms with van der Waals surface area (Å²) in [6.45, 7) is 1.49. The molecule has 1 aliphatic heterocycles. The quantitative estimate of drug-likeness (QED) is 0.539. The van der Waals surface area contributed by atoms with Crippen molar-refractivity contribution in [2.24, 2.45) is 5.92 Å². The number of phenolic OH excluding ortho intramolecular Hbond substituents is 2. The zero-order chi connectivity index (χ0) is 14.6. The topological polar surface area (TPSA) is 107 Å². The van der Waals surface area contributed by atoms with Gasteiger partial charge in [-0.3, -0.25) is 4.79 Å². The molecule has 20 heavy (non-hydrogen) atoms. The van der Waals surface area contributed by atoms with Crippen LogP contribution in [0, 0.1) is 5.92 Å². The highest BCUT2D eigenvalue weighted by Gasteiger charge is 2.43. The van der Waals surface area contributed by atoms with Gasteiger partial charge >= 0.3 is 0 Å². The fourth-order valence-electron chi connectivity index (χ4n) is 2.43.